The molecule has 0 unspecified atom stereocenters. The highest BCUT2D eigenvalue weighted by Crippen LogP contribution is 2.23. The maximum atomic E-state index is 13.5. The molecule has 8 nitrogen and oxygen atoms in total. The van der Waals surface area contributed by atoms with Crippen LogP contribution in [-0.2, 0) is 26.2 Å². The summed E-state index contributed by atoms with van der Waals surface area (Å²) in [5.74, 6) is 0.227. The average molecular weight is 552 g/mol. The van der Waals surface area contributed by atoms with Crippen molar-refractivity contribution in [3.05, 3.63) is 59.1 Å². The number of carbonyl (C=O) groups excluding carboxylic acids is 2. The summed E-state index contributed by atoms with van der Waals surface area (Å²) in [4.78, 5) is 28.2. The van der Waals surface area contributed by atoms with Crippen molar-refractivity contribution < 1.29 is 22.7 Å². The van der Waals surface area contributed by atoms with Crippen molar-refractivity contribution in [1.29, 1.82) is 0 Å². The molecular weight excluding hydrogens is 514 g/mol. The van der Waals surface area contributed by atoms with Gasteiger partial charge in [0.05, 0.1) is 19.1 Å². The van der Waals surface area contributed by atoms with Crippen LogP contribution in [0.15, 0.2) is 48.5 Å². The first-order chi connectivity index (χ1) is 17.5. The fraction of sp³-hybridized carbons (Fsp3) is 0.481. The highest BCUT2D eigenvalue weighted by molar-refractivity contribution is 7.92. The number of hydrogen-bond donors (Lipinski definition) is 1. The topological polar surface area (TPSA) is 96.0 Å². The van der Waals surface area contributed by atoms with Crippen LogP contribution in [0.1, 0.15) is 52.0 Å². The minimum atomic E-state index is -3.59. The van der Waals surface area contributed by atoms with Gasteiger partial charge in [-0.15, -0.1) is 0 Å². The lowest BCUT2D eigenvalue weighted by Crippen LogP contribution is -2.50. The first kappa shape index (κ1) is 30.4. The van der Waals surface area contributed by atoms with Gasteiger partial charge in [0, 0.05) is 30.6 Å². The molecule has 0 saturated heterocycles. The molecule has 2 atom stereocenters. The standard InChI is InChI=1S/C27H38ClN3O5S/c1-6-20(3)29-27(33)25(7-2)30(19-21-11-8-14-24(17-21)36-4)26(32)15-10-16-31(37(5,34)35)23-13-9-12-22(28)18-23/h8-9,11-14,17-18,20,25H,6-7,10,15-16,19H2,1-5H3,(H,29,33)/t20-,25+/m1/s1. The Morgan fingerprint density at radius 3 is 2.38 bits per heavy atom. The lowest BCUT2D eigenvalue weighted by atomic mass is 10.1. The Morgan fingerprint density at radius 1 is 1.08 bits per heavy atom. The molecule has 0 aromatic heterocycles. The molecular formula is C27H38ClN3O5S. The maximum Gasteiger partial charge on any atom is 0.243 e. The fourth-order valence-electron chi connectivity index (χ4n) is 3.96. The normalized spacial score (nSPS) is 12.9. The number of sulfonamides is 1. The molecule has 37 heavy (non-hydrogen) atoms. The molecule has 10 heteroatoms. The van der Waals surface area contributed by atoms with E-state index in [1.807, 2.05) is 45.0 Å². The smallest absolute Gasteiger partial charge is 0.243 e. The van der Waals surface area contributed by atoms with Crippen molar-refractivity contribution in [2.75, 3.05) is 24.2 Å². The van der Waals surface area contributed by atoms with Crippen LogP contribution >= 0.6 is 11.6 Å². The molecule has 2 amide bonds. The zero-order valence-electron chi connectivity index (χ0n) is 22.2. The number of nitrogens with one attached hydrogen (secondary N) is 1. The van der Waals surface area contributed by atoms with Gasteiger partial charge >= 0.3 is 0 Å². The van der Waals surface area contributed by atoms with Gasteiger partial charge in [-0.2, -0.15) is 0 Å². The van der Waals surface area contributed by atoms with Crippen molar-refractivity contribution in [1.82, 2.24) is 10.2 Å². The molecule has 2 rings (SSSR count). The molecule has 204 valence electrons. The Balaban J connectivity index is 2.25. The van der Waals surface area contributed by atoms with Crippen LogP contribution in [0, 0.1) is 0 Å². The number of hydrogen-bond acceptors (Lipinski definition) is 5. The number of rotatable bonds is 14. The Bertz CT molecular complexity index is 1160. The van der Waals surface area contributed by atoms with E-state index in [9.17, 15) is 18.0 Å². The van der Waals surface area contributed by atoms with Gasteiger partial charge in [0.2, 0.25) is 21.8 Å². The molecule has 0 aliphatic rings. The van der Waals surface area contributed by atoms with E-state index in [-0.39, 0.29) is 43.8 Å². The largest absolute Gasteiger partial charge is 0.497 e. The van der Waals surface area contributed by atoms with Gasteiger partial charge in [-0.25, -0.2) is 8.42 Å². The number of carbonyl (C=O) groups is 2. The van der Waals surface area contributed by atoms with Crippen LogP contribution in [0.4, 0.5) is 5.69 Å². The summed E-state index contributed by atoms with van der Waals surface area (Å²) in [5, 5.41) is 3.41. The summed E-state index contributed by atoms with van der Waals surface area (Å²) in [6, 6.07) is 13.3. The van der Waals surface area contributed by atoms with Crippen molar-refractivity contribution in [3.8, 4) is 5.75 Å². The zero-order valence-corrected chi connectivity index (χ0v) is 23.8. The highest BCUT2D eigenvalue weighted by atomic mass is 35.5. The Hall–Kier alpha value is -2.78. The molecule has 0 radical (unpaired) electrons. The van der Waals surface area contributed by atoms with Crippen molar-refractivity contribution in [3.63, 3.8) is 0 Å². The lowest BCUT2D eigenvalue weighted by Gasteiger charge is -2.32. The molecule has 2 aromatic carbocycles. The number of anilines is 1. The number of methoxy groups -OCH3 is 1. The molecule has 0 aliphatic carbocycles. The van der Waals surface area contributed by atoms with Crippen LogP contribution in [0.3, 0.4) is 0 Å². The molecule has 1 N–H and O–H groups in total. The number of ether oxygens (including phenoxy) is 1. The second-order valence-corrected chi connectivity index (χ2v) is 11.4. The molecule has 0 saturated carbocycles. The molecule has 0 spiro atoms. The Labute approximate surface area is 226 Å². The van der Waals surface area contributed by atoms with E-state index >= 15 is 0 Å². The summed E-state index contributed by atoms with van der Waals surface area (Å²) in [6.45, 7) is 6.12. The molecule has 2 aromatic rings. The van der Waals surface area contributed by atoms with Gasteiger partial charge in [0.25, 0.3) is 0 Å². The summed E-state index contributed by atoms with van der Waals surface area (Å²) in [7, 11) is -2.01. The predicted octanol–water partition coefficient (Wildman–Crippen LogP) is 4.62. The zero-order chi connectivity index (χ0) is 27.6. The number of benzene rings is 2. The van der Waals surface area contributed by atoms with Gasteiger partial charge in [-0.3, -0.25) is 13.9 Å². The third kappa shape index (κ3) is 9.23. The highest BCUT2D eigenvalue weighted by Gasteiger charge is 2.29. The summed E-state index contributed by atoms with van der Waals surface area (Å²) in [5.41, 5.74) is 1.27. The van der Waals surface area contributed by atoms with E-state index in [0.717, 1.165) is 18.2 Å². The maximum absolute atomic E-state index is 13.5. The van der Waals surface area contributed by atoms with E-state index in [2.05, 4.69) is 5.32 Å². The van der Waals surface area contributed by atoms with E-state index < -0.39 is 16.1 Å². The SMILES string of the molecule is CC[C@@H](C)NC(=O)[C@H](CC)N(Cc1cccc(OC)c1)C(=O)CCCN(c1cccc(Cl)c1)S(C)(=O)=O. The van der Waals surface area contributed by atoms with E-state index in [1.165, 1.54) is 4.31 Å². The van der Waals surface area contributed by atoms with Crippen LogP contribution in [-0.4, -0.2) is 57.1 Å². The van der Waals surface area contributed by atoms with Crippen LogP contribution in [0.25, 0.3) is 0 Å². The van der Waals surface area contributed by atoms with Crippen LogP contribution < -0.4 is 14.4 Å². The fourth-order valence-corrected chi connectivity index (χ4v) is 5.11. The van der Waals surface area contributed by atoms with Gasteiger partial charge in [-0.05, 0) is 62.1 Å². The van der Waals surface area contributed by atoms with Crippen LogP contribution in [0.5, 0.6) is 5.75 Å². The molecule has 0 heterocycles. The predicted molar refractivity (Wildman–Crippen MR) is 148 cm³/mol. The van der Waals surface area contributed by atoms with E-state index in [0.29, 0.717) is 22.9 Å². The van der Waals surface area contributed by atoms with Gasteiger partial charge in [0.1, 0.15) is 11.8 Å². The minimum Gasteiger partial charge on any atom is -0.497 e. The van der Waals surface area contributed by atoms with Crippen molar-refractivity contribution >= 4 is 39.1 Å². The molecule has 0 bridgehead atoms. The summed E-state index contributed by atoms with van der Waals surface area (Å²) in [6.07, 6.45) is 2.68. The number of halogens is 1. The molecule has 0 aliphatic heterocycles. The lowest BCUT2D eigenvalue weighted by molar-refractivity contribution is -0.141. The number of amides is 2. The molecule has 0 fully saturated rings. The van der Waals surface area contributed by atoms with E-state index in [4.69, 9.17) is 16.3 Å². The third-order valence-electron chi connectivity index (χ3n) is 6.12. The second kappa shape index (κ2) is 14.2. The summed E-state index contributed by atoms with van der Waals surface area (Å²) < 4.78 is 31.5. The van der Waals surface area contributed by atoms with Gasteiger partial charge < -0.3 is 15.0 Å². The quantitative estimate of drug-likeness (QED) is 0.370. The Morgan fingerprint density at radius 2 is 1.78 bits per heavy atom. The van der Waals surface area contributed by atoms with Crippen molar-refractivity contribution in [2.24, 2.45) is 0 Å². The average Bonchev–Trinajstić information content (AvgIpc) is 2.85. The second-order valence-electron chi connectivity index (χ2n) is 9.03. The van der Waals surface area contributed by atoms with Crippen LogP contribution in [0.2, 0.25) is 5.02 Å². The monoisotopic (exact) mass is 551 g/mol. The Kier molecular flexibility index (Phi) is 11.7. The third-order valence-corrected chi connectivity index (χ3v) is 7.55. The number of nitrogens with zero attached hydrogens (tertiary/aromatic N) is 2. The van der Waals surface area contributed by atoms with Gasteiger partial charge in [-0.1, -0.05) is 43.6 Å². The summed E-state index contributed by atoms with van der Waals surface area (Å²) >= 11 is 6.06. The first-order valence-electron chi connectivity index (χ1n) is 12.5. The first-order valence-corrected chi connectivity index (χ1v) is 14.7. The minimum absolute atomic E-state index is 0.0173. The van der Waals surface area contributed by atoms with Crippen molar-refractivity contribution in [2.45, 2.75) is 65.1 Å². The van der Waals surface area contributed by atoms with Gasteiger partial charge in [0.15, 0.2) is 0 Å². The van der Waals surface area contributed by atoms with E-state index in [1.54, 1.807) is 36.3 Å².